The summed E-state index contributed by atoms with van der Waals surface area (Å²) in [6.45, 7) is 4.60. The molecule has 2 aliphatic heterocycles. The van der Waals surface area contributed by atoms with Gasteiger partial charge in [-0.2, -0.15) is 0 Å². The van der Waals surface area contributed by atoms with E-state index in [9.17, 15) is 9.90 Å². The highest BCUT2D eigenvalue weighted by Crippen LogP contribution is 2.32. The van der Waals surface area contributed by atoms with Crippen LogP contribution >= 0.6 is 0 Å². The van der Waals surface area contributed by atoms with Crippen LogP contribution in [0.2, 0.25) is 0 Å². The van der Waals surface area contributed by atoms with E-state index in [0.29, 0.717) is 6.61 Å². The number of hydrogen-bond acceptors (Lipinski definition) is 4. The second-order valence-corrected chi connectivity index (χ2v) is 5.58. The van der Waals surface area contributed by atoms with Crippen LogP contribution in [0.3, 0.4) is 0 Å². The summed E-state index contributed by atoms with van der Waals surface area (Å²) in [6, 6.07) is 11.5. The van der Waals surface area contributed by atoms with E-state index in [-0.39, 0.29) is 27.2 Å². The number of carbonyl (C=O) groups is 1. The SMILES string of the molecule is C.C.Cc1ccc2c(c1)OCC2=O.Cc1ccc2c(c1)OC[C@@H]2O. The lowest BCUT2D eigenvalue weighted by molar-refractivity contribution is 0.0961. The molecule has 0 unspecified atom stereocenters. The van der Waals surface area contributed by atoms with Crippen LogP contribution in [-0.2, 0) is 0 Å². The quantitative estimate of drug-likeness (QED) is 0.784. The maximum absolute atomic E-state index is 11.1. The van der Waals surface area contributed by atoms with Gasteiger partial charge in [0.25, 0.3) is 0 Å². The maximum atomic E-state index is 11.1. The summed E-state index contributed by atoms with van der Waals surface area (Å²) in [4.78, 5) is 11.1. The molecule has 0 aliphatic carbocycles. The molecule has 0 saturated carbocycles. The van der Waals surface area contributed by atoms with E-state index in [2.05, 4.69) is 0 Å². The minimum atomic E-state index is -0.425. The average Bonchev–Trinajstić information content (AvgIpc) is 3.03. The first-order valence-corrected chi connectivity index (χ1v) is 7.22. The van der Waals surface area contributed by atoms with Gasteiger partial charge in [-0.05, 0) is 43.2 Å². The van der Waals surface area contributed by atoms with Crippen LogP contribution in [0.15, 0.2) is 36.4 Å². The number of aryl methyl sites for hydroxylation is 2. The lowest BCUT2D eigenvalue weighted by atomic mass is 10.1. The molecule has 0 saturated heterocycles. The van der Waals surface area contributed by atoms with Crippen LogP contribution in [0, 0.1) is 13.8 Å². The van der Waals surface area contributed by atoms with Gasteiger partial charge >= 0.3 is 0 Å². The van der Waals surface area contributed by atoms with Gasteiger partial charge in [-0.15, -0.1) is 0 Å². The van der Waals surface area contributed by atoms with E-state index in [0.717, 1.165) is 33.8 Å². The second kappa shape index (κ2) is 7.97. The van der Waals surface area contributed by atoms with Gasteiger partial charge in [0.1, 0.15) is 24.2 Å². The zero-order valence-corrected chi connectivity index (χ0v) is 12.6. The topological polar surface area (TPSA) is 55.8 Å². The Balaban J connectivity index is 0.000000222. The zero-order chi connectivity index (χ0) is 15.7. The Morgan fingerprint density at radius 2 is 1.58 bits per heavy atom. The number of benzene rings is 2. The van der Waals surface area contributed by atoms with Crippen LogP contribution in [0.25, 0.3) is 0 Å². The predicted octanol–water partition coefficient (Wildman–Crippen LogP) is 4.26. The van der Waals surface area contributed by atoms with Crippen molar-refractivity contribution in [1.29, 1.82) is 0 Å². The lowest BCUT2D eigenvalue weighted by Crippen LogP contribution is -1.98. The largest absolute Gasteiger partial charge is 0.490 e. The average molecular weight is 330 g/mol. The molecule has 2 aromatic carbocycles. The predicted molar refractivity (Wildman–Crippen MR) is 96.1 cm³/mol. The highest BCUT2D eigenvalue weighted by Gasteiger charge is 2.21. The summed E-state index contributed by atoms with van der Waals surface area (Å²) < 4.78 is 10.4. The fourth-order valence-corrected chi connectivity index (χ4v) is 2.50. The van der Waals surface area contributed by atoms with Crippen LogP contribution < -0.4 is 9.47 Å². The second-order valence-electron chi connectivity index (χ2n) is 5.58. The number of ketones is 1. The number of hydrogen-bond donors (Lipinski definition) is 1. The number of carbonyl (C=O) groups excluding carboxylic acids is 1. The van der Waals surface area contributed by atoms with Gasteiger partial charge < -0.3 is 14.6 Å². The van der Waals surface area contributed by atoms with Crippen LogP contribution in [0.4, 0.5) is 0 Å². The van der Waals surface area contributed by atoms with Crippen molar-refractivity contribution in [2.45, 2.75) is 34.8 Å². The summed E-state index contributed by atoms with van der Waals surface area (Å²) in [5.41, 5.74) is 3.92. The molecule has 0 spiro atoms. The van der Waals surface area contributed by atoms with Gasteiger partial charge in [0.2, 0.25) is 5.78 Å². The number of aliphatic hydroxyl groups excluding tert-OH is 1. The van der Waals surface area contributed by atoms with Crippen LogP contribution in [-0.4, -0.2) is 24.1 Å². The lowest BCUT2D eigenvalue weighted by Gasteiger charge is -1.99. The Morgan fingerprint density at radius 1 is 0.958 bits per heavy atom. The third-order valence-corrected chi connectivity index (χ3v) is 3.72. The monoisotopic (exact) mass is 330 g/mol. The molecule has 0 radical (unpaired) electrons. The summed E-state index contributed by atoms with van der Waals surface area (Å²) in [6.07, 6.45) is -0.425. The van der Waals surface area contributed by atoms with Gasteiger partial charge in [0.05, 0.1) is 5.56 Å². The normalized spacial score (nSPS) is 16.3. The molecular formula is C20H26O4. The molecule has 2 aromatic rings. The van der Waals surface area contributed by atoms with Crippen molar-refractivity contribution in [2.24, 2.45) is 0 Å². The first-order chi connectivity index (χ1) is 10.5. The minimum absolute atomic E-state index is 0. The van der Waals surface area contributed by atoms with Crippen molar-refractivity contribution < 1.29 is 19.4 Å². The number of rotatable bonds is 0. The van der Waals surface area contributed by atoms with Crippen molar-refractivity contribution in [3.63, 3.8) is 0 Å². The fraction of sp³-hybridized carbons (Fsp3) is 0.350. The maximum Gasteiger partial charge on any atom is 0.203 e. The van der Waals surface area contributed by atoms with E-state index in [4.69, 9.17) is 9.47 Å². The Bertz CT molecular complexity index is 722. The molecule has 0 amide bonds. The van der Waals surface area contributed by atoms with E-state index < -0.39 is 6.10 Å². The van der Waals surface area contributed by atoms with Gasteiger partial charge in [-0.1, -0.05) is 33.1 Å². The van der Waals surface area contributed by atoms with Gasteiger partial charge in [0.15, 0.2) is 6.61 Å². The summed E-state index contributed by atoms with van der Waals surface area (Å²) >= 11 is 0. The third kappa shape index (κ3) is 3.95. The highest BCUT2D eigenvalue weighted by molar-refractivity contribution is 6.02. The molecular weight excluding hydrogens is 304 g/mol. The van der Waals surface area contributed by atoms with Crippen LogP contribution in [0.1, 0.15) is 48.0 Å². The van der Waals surface area contributed by atoms with Crippen molar-refractivity contribution in [3.8, 4) is 11.5 Å². The Kier molecular flexibility index (Phi) is 6.55. The van der Waals surface area contributed by atoms with Crippen LogP contribution in [0.5, 0.6) is 11.5 Å². The molecule has 4 rings (SSSR count). The first kappa shape index (κ1) is 19.7. The molecule has 24 heavy (non-hydrogen) atoms. The fourth-order valence-electron chi connectivity index (χ4n) is 2.50. The number of aliphatic hydroxyl groups is 1. The standard InChI is InChI=1S/C9H10O2.C9H8O2.2CH4/c2*1-6-2-3-7-8(10)5-11-9(7)4-6;;/h2-4,8,10H,5H2,1H3;2-4H,5H2,1H3;2*1H4/t8-;;;/m0.../s1. The molecule has 0 bridgehead atoms. The number of fused-ring (bicyclic) bond motifs is 2. The molecule has 1 N–H and O–H groups in total. The number of ether oxygens (including phenoxy) is 2. The summed E-state index contributed by atoms with van der Waals surface area (Å²) in [7, 11) is 0. The van der Waals surface area contributed by atoms with E-state index >= 15 is 0 Å². The summed E-state index contributed by atoms with van der Waals surface area (Å²) in [5.74, 6) is 1.65. The molecule has 4 heteroatoms. The Hall–Kier alpha value is -2.33. The summed E-state index contributed by atoms with van der Waals surface area (Å²) in [5, 5.41) is 9.35. The number of Topliss-reactive ketones (excluding diaryl/α,β-unsaturated/α-hetero) is 1. The molecule has 2 heterocycles. The minimum Gasteiger partial charge on any atom is -0.490 e. The van der Waals surface area contributed by atoms with E-state index in [1.807, 2.05) is 50.2 Å². The molecule has 0 aromatic heterocycles. The molecule has 2 aliphatic rings. The van der Waals surface area contributed by atoms with Crippen molar-refractivity contribution >= 4 is 5.78 Å². The van der Waals surface area contributed by atoms with Crippen molar-refractivity contribution in [3.05, 3.63) is 58.7 Å². The van der Waals surface area contributed by atoms with Gasteiger partial charge in [-0.25, -0.2) is 0 Å². The Morgan fingerprint density at radius 3 is 2.29 bits per heavy atom. The molecule has 130 valence electrons. The Labute approximate surface area is 144 Å². The van der Waals surface area contributed by atoms with Crippen molar-refractivity contribution in [2.75, 3.05) is 13.2 Å². The molecule has 4 nitrogen and oxygen atoms in total. The smallest absolute Gasteiger partial charge is 0.203 e. The zero-order valence-electron chi connectivity index (χ0n) is 12.6. The first-order valence-electron chi connectivity index (χ1n) is 7.22. The third-order valence-electron chi connectivity index (χ3n) is 3.72. The van der Waals surface area contributed by atoms with E-state index in [1.54, 1.807) is 0 Å². The molecule has 0 fully saturated rings. The van der Waals surface area contributed by atoms with Gasteiger partial charge in [-0.3, -0.25) is 4.79 Å². The van der Waals surface area contributed by atoms with E-state index in [1.165, 1.54) is 0 Å². The van der Waals surface area contributed by atoms with Crippen molar-refractivity contribution in [1.82, 2.24) is 0 Å². The highest BCUT2D eigenvalue weighted by atomic mass is 16.5. The molecule has 1 atom stereocenters. The van der Waals surface area contributed by atoms with Gasteiger partial charge in [0, 0.05) is 5.56 Å².